The highest BCUT2D eigenvalue weighted by Gasteiger charge is 2.06. The Bertz CT molecular complexity index is 792. The highest BCUT2D eigenvalue weighted by Crippen LogP contribution is 2.17. The third kappa shape index (κ3) is 2.32. The van der Waals surface area contributed by atoms with Gasteiger partial charge in [-0.05, 0) is 23.8 Å². The number of hydrogen-bond acceptors (Lipinski definition) is 2. The first-order chi connectivity index (χ1) is 9.88. The second-order valence-corrected chi connectivity index (χ2v) is 4.45. The summed E-state index contributed by atoms with van der Waals surface area (Å²) in [4.78, 5) is 4.57. The number of nitrogens with zero attached hydrogens (tertiary/aromatic N) is 3. The predicted octanol–water partition coefficient (Wildman–Crippen LogP) is 3.73. The quantitative estimate of drug-likeness (QED) is 0.719. The molecule has 0 radical (unpaired) electrons. The molecule has 0 aliphatic heterocycles. The highest BCUT2D eigenvalue weighted by atomic mass is 15.1. The summed E-state index contributed by atoms with van der Waals surface area (Å²) >= 11 is 0. The first-order valence-electron chi connectivity index (χ1n) is 6.44. The molecule has 0 amide bonds. The van der Waals surface area contributed by atoms with E-state index in [0.717, 1.165) is 22.4 Å². The van der Waals surface area contributed by atoms with Gasteiger partial charge in [-0.25, -0.2) is 4.98 Å². The van der Waals surface area contributed by atoms with E-state index in [0.29, 0.717) is 6.54 Å². The van der Waals surface area contributed by atoms with Gasteiger partial charge in [0.2, 0.25) is 0 Å². The maximum atomic E-state index is 8.98. The Hall–Kier alpha value is -2.86. The summed E-state index contributed by atoms with van der Waals surface area (Å²) in [6, 6.07) is 20.1. The smallest absolute Gasteiger partial charge is 0.134 e. The van der Waals surface area contributed by atoms with Crippen LogP contribution in [0.3, 0.4) is 0 Å². The molecule has 1 aromatic heterocycles. The molecule has 0 saturated carbocycles. The van der Waals surface area contributed by atoms with Crippen LogP contribution < -0.4 is 0 Å². The van der Waals surface area contributed by atoms with Crippen molar-refractivity contribution in [2.24, 2.45) is 0 Å². The van der Waals surface area contributed by atoms with Gasteiger partial charge in [-0.1, -0.05) is 48.5 Å². The zero-order valence-electron chi connectivity index (χ0n) is 10.9. The van der Waals surface area contributed by atoms with Crippen LogP contribution in [-0.2, 0) is 6.54 Å². The molecule has 96 valence electrons. The van der Waals surface area contributed by atoms with Gasteiger partial charge >= 0.3 is 0 Å². The second kappa shape index (κ2) is 5.41. The first kappa shape index (κ1) is 12.2. The third-order valence-corrected chi connectivity index (χ3v) is 3.14. The molecule has 3 heteroatoms. The minimum atomic E-state index is 0.301. The van der Waals surface area contributed by atoms with Crippen molar-refractivity contribution in [2.45, 2.75) is 6.54 Å². The summed E-state index contributed by atoms with van der Waals surface area (Å²) < 4.78 is 1.93. The second-order valence-electron chi connectivity index (χ2n) is 4.45. The molecule has 0 fully saturated rings. The molecule has 3 rings (SSSR count). The topological polar surface area (TPSA) is 41.6 Å². The SMILES string of the molecule is N#CCn1c(/C=C/c2ccccc2)nc2ccccc21. The number of aromatic nitrogens is 2. The van der Waals surface area contributed by atoms with Crippen LogP contribution >= 0.6 is 0 Å². The molecule has 0 atom stereocenters. The zero-order chi connectivity index (χ0) is 13.8. The van der Waals surface area contributed by atoms with E-state index in [2.05, 4.69) is 11.1 Å². The Morgan fingerprint density at radius 3 is 2.55 bits per heavy atom. The average Bonchev–Trinajstić information content (AvgIpc) is 2.85. The van der Waals surface area contributed by atoms with Gasteiger partial charge in [0.1, 0.15) is 12.4 Å². The number of imidazole rings is 1. The molecule has 0 saturated heterocycles. The Kier molecular flexibility index (Phi) is 3.30. The number of para-hydroxylation sites is 2. The van der Waals surface area contributed by atoms with Crippen LogP contribution in [0.2, 0.25) is 0 Å². The molecule has 20 heavy (non-hydrogen) atoms. The Morgan fingerprint density at radius 1 is 1.00 bits per heavy atom. The van der Waals surface area contributed by atoms with Crippen molar-refractivity contribution < 1.29 is 0 Å². The molecular formula is C17H13N3. The summed E-state index contributed by atoms with van der Waals surface area (Å²) in [6.07, 6.45) is 3.96. The lowest BCUT2D eigenvalue weighted by molar-refractivity contribution is 0.847. The van der Waals surface area contributed by atoms with Crippen LogP contribution in [-0.4, -0.2) is 9.55 Å². The van der Waals surface area contributed by atoms with Gasteiger partial charge in [0.25, 0.3) is 0 Å². The molecule has 3 aromatic rings. The lowest BCUT2D eigenvalue weighted by atomic mass is 10.2. The van der Waals surface area contributed by atoms with Crippen LogP contribution in [0, 0.1) is 11.3 Å². The molecule has 0 aliphatic rings. The van der Waals surface area contributed by atoms with Crippen molar-refractivity contribution in [1.82, 2.24) is 9.55 Å². The first-order valence-corrected chi connectivity index (χ1v) is 6.44. The lowest BCUT2D eigenvalue weighted by Gasteiger charge is -2.00. The number of nitriles is 1. The number of fused-ring (bicyclic) bond motifs is 1. The summed E-state index contributed by atoms with van der Waals surface area (Å²) in [5.41, 5.74) is 3.01. The van der Waals surface area contributed by atoms with E-state index in [4.69, 9.17) is 5.26 Å². The van der Waals surface area contributed by atoms with E-state index in [1.54, 1.807) is 0 Å². The molecule has 0 bridgehead atoms. The van der Waals surface area contributed by atoms with Crippen LogP contribution in [0.1, 0.15) is 11.4 Å². The van der Waals surface area contributed by atoms with Crippen molar-refractivity contribution in [3.05, 3.63) is 66.0 Å². The van der Waals surface area contributed by atoms with E-state index >= 15 is 0 Å². The monoisotopic (exact) mass is 259 g/mol. The number of rotatable bonds is 3. The van der Waals surface area contributed by atoms with Crippen molar-refractivity contribution >= 4 is 23.2 Å². The maximum absolute atomic E-state index is 8.98. The standard InChI is InChI=1S/C17H13N3/c18-12-13-20-16-9-5-4-8-15(16)19-17(20)11-10-14-6-2-1-3-7-14/h1-11H,13H2/b11-10+. The van der Waals surface area contributed by atoms with Crippen molar-refractivity contribution in [3.8, 4) is 6.07 Å². The van der Waals surface area contributed by atoms with E-state index in [1.807, 2.05) is 71.3 Å². The Balaban J connectivity index is 2.05. The fourth-order valence-electron chi connectivity index (χ4n) is 2.19. The van der Waals surface area contributed by atoms with Gasteiger partial charge in [-0.15, -0.1) is 0 Å². The predicted molar refractivity (Wildman–Crippen MR) is 80.7 cm³/mol. The van der Waals surface area contributed by atoms with Crippen molar-refractivity contribution in [2.75, 3.05) is 0 Å². The summed E-state index contributed by atoms with van der Waals surface area (Å²) in [5.74, 6) is 0.802. The summed E-state index contributed by atoms with van der Waals surface area (Å²) in [5, 5.41) is 8.98. The highest BCUT2D eigenvalue weighted by molar-refractivity contribution is 5.79. The van der Waals surface area contributed by atoms with E-state index in [1.165, 1.54) is 0 Å². The fourth-order valence-corrected chi connectivity index (χ4v) is 2.19. The van der Waals surface area contributed by atoms with Gasteiger partial charge in [-0.2, -0.15) is 5.26 Å². The normalized spacial score (nSPS) is 10.9. The van der Waals surface area contributed by atoms with Crippen LogP contribution in [0.25, 0.3) is 23.2 Å². The van der Waals surface area contributed by atoms with Gasteiger partial charge < -0.3 is 4.57 Å². The average molecular weight is 259 g/mol. The minimum Gasteiger partial charge on any atom is -0.310 e. The molecule has 0 unspecified atom stereocenters. The lowest BCUT2D eigenvalue weighted by Crippen LogP contribution is -1.97. The summed E-state index contributed by atoms with van der Waals surface area (Å²) in [7, 11) is 0. The Labute approximate surface area is 117 Å². The number of hydrogen-bond donors (Lipinski definition) is 0. The molecule has 1 heterocycles. The van der Waals surface area contributed by atoms with Crippen molar-refractivity contribution in [1.29, 1.82) is 5.26 Å². The Morgan fingerprint density at radius 2 is 1.75 bits per heavy atom. The molecule has 3 nitrogen and oxygen atoms in total. The molecule has 2 aromatic carbocycles. The molecule has 0 spiro atoms. The minimum absolute atomic E-state index is 0.301. The van der Waals surface area contributed by atoms with Gasteiger partial charge in [0.15, 0.2) is 0 Å². The fraction of sp³-hybridized carbons (Fsp3) is 0.0588. The molecule has 0 aliphatic carbocycles. The van der Waals surface area contributed by atoms with Gasteiger partial charge in [0, 0.05) is 0 Å². The molecular weight excluding hydrogens is 246 g/mol. The van der Waals surface area contributed by atoms with E-state index in [-0.39, 0.29) is 0 Å². The maximum Gasteiger partial charge on any atom is 0.134 e. The van der Waals surface area contributed by atoms with Gasteiger partial charge in [-0.3, -0.25) is 0 Å². The largest absolute Gasteiger partial charge is 0.310 e. The third-order valence-electron chi connectivity index (χ3n) is 3.14. The van der Waals surface area contributed by atoms with Crippen LogP contribution in [0.15, 0.2) is 54.6 Å². The van der Waals surface area contributed by atoms with E-state index in [9.17, 15) is 0 Å². The zero-order valence-corrected chi connectivity index (χ0v) is 10.9. The van der Waals surface area contributed by atoms with Crippen molar-refractivity contribution in [3.63, 3.8) is 0 Å². The summed E-state index contributed by atoms with van der Waals surface area (Å²) in [6.45, 7) is 0.301. The van der Waals surface area contributed by atoms with Gasteiger partial charge in [0.05, 0.1) is 17.1 Å². The van der Waals surface area contributed by atoms with Crippen LogP contribution in [0.4, 0.5) is 0 Å². The van der Waals surface area contributed by atoms with Crippen LogP contribution in [0.5, 0.6) is 0 Å². The van der Waals surface area contributed by atoms with E-state index < -0.39 is 0 Å². The molecule has 0 N–H and O–H groups in total. The number of benzene rings is 2.